The molecule has 78 valence electrons. The summed E-state index contributed by atoms with van der Waals surface area (Å²) >= 11 is 5.77. The van der Waals surface area contributed by atoms with Crippen LogP contribution in [0.5, 0.6) is 5.88 Å². The van der Waals surface area contributed by atoms with Crippen molar-refractivity contribution in [3.8, 4) is 5.88 Å². The zero-order valence-electron chi connectivity index (χ0n) is 8.72. The fraction of sp³-hybridized carbons (Fsp3) is 0.545. The molecule has 14 heavy (non-hydrogen) atoms. The normalized spacial score (nSPS) is 10.2. The number of unbranched alkanes of at least 4 members (excludes halogenated alkanes) is 2. The summed E-state index contributed by atoms with van der Waals surface area (Å²) in [6.07, 6.45) is 4.66. The van der Waals surface area contributed by atoms with Crippen molar-refractivity contribution in [2.75, 3.05) is 7.11 Å². The van der Waals surface area contributed by atoms with E-state index in [-0.39, 0.29) is 0 Å². The molecule has 0 aromatic carbocycles. The summed E-state index contributed by atoms with van der Waals surface area (Å²) < 4.78 is 5.16. The first kappa shape index (κ1) is 11.3. The van der Waals surface area contributed by atoms with E-state index in [9.17, 15) is 0 Å². The van der Waals surface area contributed by atoms with E-state index >= 15 is 0 Å². The SMILES string of the molecule is CCCCCc1ccc(Cl)nc1OC. The molecule has 0 bridgehead atoms. The van der Waals surface area contributed by atoms with Crippen LogP contribution in [0.25, 0.3) is 0 Å². The van der Waals surface area contributed by atoms with Crippen LogP contribution < -0.4 is 4.74 Å². The van der Waals surface area contributed by atoms with E-state index in [1.54, 1.807) is 7.11 Å². The van der Waals surface area contributed by atoms with E-state index in [0.29, 0.717) is 11.0 Å². The summed E-state index contributed by atoms with van der Waals surface area (Å²) in [5, 5.41) is 0.487. The number of nitrogens with zero attached hydrogens (tertiary/aromatic N) is 1. The molecule has 0 aliphatic heterocycles. The molecule has 2 nitrogen and oxygen atoms in total. The molecule has 0 fully saturated rings. The molecule has 1 heterocycles. The van der Waals surface area contributed by atoms with Crippen molar-refractivity contribution in [2.45, 2.75) is 32.6 Å². The van der Waals surface area contributed by atoms with Gasteiger partial charge in [0.15, 0.2) is 0 Å². The van der Waals surface area contributed by atoms with E-state index in [4.69, 9.17) is 16.3 Å². The molecule has 0 N–H and O–H groups in total. The van der Waals surface area contributed by atoms with Gasteiger partial charge in [-0.15, -0.1) is 0 Å². The van der Waals surface area contributed by atoms with E-state index in [2.05, 4.69) is 11.9 Å². The van der Waals surface area contributed by atoms with Crippen LogP contribution in [0.4, 0.5) is 0 Å². The summed E-state index contributed by atoms with van der Waals surface area (Å²) in [4.78, 5) is 4.11. The first-order valence-electron chi connectivity index (χ1n) is 4.97. The average molecular weight is 214 g/mol. The van der Waals surface area contributed by atoms with Crippen LogP contribution in [-0.2, 0) is 6.42 Å². The first-order chi connectivity index (χ1) is 6.77. The van der Waals surface area contributed by atoms with Crippen LogP contribution in [-0.4, -0.2) is 12.1 Å². The molecule has 0 atom stereocenters. The fourth-order valence-corrected chi connectivity index (χ4v) is 1.52. The van der Waals surface area contributed by atoms with Gasteiger partial charge in [0.25, 0.3) is 0 Å². The smallest absolute Gasteiger partial charge is 0.217 e. The molecule has 3 heteroatoms. The van der Waals surface area contributed by atoms with Crippen molar-refractivity contribution in [2.24, 2.45) is 0 Å². The predicted molar refractivity (Wildman–Crippen MR) is 59.0 cm³/mol. The number of hydrogen-bond donors (Lipinski definition) is 0. The minimum atomic E-state index is 0.487. The Hall–Kier alpha value is -0.760. The Balaban J connectivity index is 2.65. The highest BCUT2D eigenvalue weighted by Gasteiger charge is 2.04. The van der Waals surface area contributed by atoms with Crippen molar-refractivity contribution in [1.82, 2.24) is 4.98 Å². The van der Waals surface area contributed by atoms with Gasteiger partial charge in [-0.05, 0) is 18.9 Å². The molecule has 0 aliphatic carbocycles. The fourth-order valence-electron chi connectivity index (χ4n) is 1.38. The summed E-state index contributed by atoms with van der Waals surface area (Å²) in [7, 11) is 1.63. The molecule has 0 amide bonds. The van der Waals surface area contributed by atoms with Gasteiger partial charge >= 0.3 is 0 Å². The third-order valence-corrected chi connectivity index (χ3v) is 2.36. The number of ether oxygens (including phenoxy) is 1. The van der Waals surface area contributed by atoms with Crippen molar-refractivity contribution < 1.29 is 4.74 Å². The summed E-state index contributed by atoms with van der Waals surface area (Å²) in [5.74, 6) is 0.661. The standard InChI is InChI=1S/C11H16ClNO/c1-3-4-5-6-9-7-8-10(12)13-11(9)14-2/h7-8H,3-6H2,1-2H3. The minimum Gasteiger partial charge on any atom is -0.481 e. The molecule has 0 unspecified atom stereocenters. The van der Waals surface area contributed by atoms with Crippen LogP contribution in [0.3, 0.4) is 0 Å². The van der Waals surface area contributed by atoms with Gasteiger partial charge in [-0.1, -0.05) is 37.4 Å². The second-order valence-electron chi connectivity index (χ2n) is 3.26. The van der Waals surface area contributed by atoms with E-state index < -0.39 is 0 Å². The van der Waals surface area contributed by atoms with Crippen molar-refractivity contribution in [3.05, 3.63) is 22.8 Å². The lowest BCUT2D eigenvalue weighted by molar-refractivity contribution is 0.392. The second-order valence-corrected chi connectivity index (χ2v) is 3.65. The molecule has 0 aliphatic rings. The van der Waals surface area contributed by atoms with Crippen molar-refractivity contribution in [3.63, 3.8) is 0 Å². The van der Waals surface area contributed by atoms with Crippen LogP contribution >= 0.6 is 11.6 Å². The van der Waals surface area contributed by atoms with Gasteiger partial charge in [0.1, 0.15) is 5.15 Å². The predicted octanol–water partition coefficient (Wildman–Crippen LogP) is 3.48. The molecule has 1 rings (SSSR count). The quantitative estimate of drug-likeness (QED) is 0.552. The monoisotopic (exact) mass is 213 g/mol. The Morgan fingerprint density at radius 3 is 2.79 bits per heavy atom. The highest BCUT2D eigenvalue weighted by atomic mass is 35.5. The number of halogens is 1. The largest absolute Gasteiger partial charge is 0.481 e. The molecule has 1 aromatic heterocycles. The molecule has 0 spiro atoms. The maximum atomic E-state index is 5.77. The Morgan fingerprint density at radius 1 is 1.36 bits per heavy atom. The zero-order valence-corrected chi connectivity index (χ0v) is 9.47. The Morgan fingerprint density at radius 2 is 2.14 bits per heavy atom. The summed E-state index contributed by atoms with van der Waals surface area (Å²) in [5.41, 5.74) is 1.14. The molecule has 0 saturated carbocycles. The molecular formula is C11H16ClNO. The van der Waals surface area contributed by atoms with Crippen LogP contribution in [0, 0.1) is 0 Å². The highest BCUT2D eigenvalue weighted by Crippen LogP contribution is 2.20. The van der Waals surface area contributed by atoms with Gasteiger partial charge < -0.3 is 4.74 Å². The van der Waals surface area contributed by atoms with Crippen LogP contribution in [0.15, 0.2) is 12.1 Å². The minimum absolute atomic E-state index is 0.487. The van der Waals surface area contributed by atoms with Crippen LogP contribution in [0.1, 0.15) is 31.7 Å². The molecule has 0 saturated heterocycles. The van der Waals surface area contributed by atoms with Gasteiger partial charge in [-0.2, -0.15) is 0 Å². The van der Waals surface area contributed by atoms with Gasteiger partial charge in [0.2, 0.25) is 5.88 Å². The van der Waals surface area contributed by atoms with E-state index in [1.807, 2.05) is 12.1 Å². The van der Waals surface area contributed by atoms with Gasteiger partial charge in [-0.25, -0.2) is 4.98 Å². The molecule has 0 radical (unpaired) electrons. The maximum Gasteiger partial charge on any atom is 0.217 e. The number of pyridine rings is 1. The molecular weight excluding hydrogens is 198 g/mol. The number of hydrogen-bond acceptors (Lipinski definition) is 2. The highest BCUT2D eigenvalue weighted by molar-refractivity contribution is 6.29. The van der Waals surface area contributed by atoms with Gasteiger partial charge in [0, 0.05) is 5.56 Å². The molecule has 1 aromatic rings. The number of rotatable bonds is 5. The summed E-state index contributed by atoms with van der Waals surface area (Å²) in [6.45, 7) is 2.19. The van der Waals surface area contributed by atoms with Gasteiger partial charge in [0.05, 0.1) is 7.11 Å². The van der Waals surface area contributed by atoms with Crippen LogP contribution in [0.2, 0.25) is 5.15 Å². The topological polar surface area (TPSA) is 22.1 Å². The Labute approximate surface area is 90.3 Å². The average Bonchev–Trinajstić information content (AvgIpc) is 2.20. The lowest BCUT2D eigenvalue weighted by Gasteiger charge is -2.06. The van der Waals surface area contributed by atoms with E-state index in [0.717, 1.165) is 12.0 Å². The van der Waals surface area contributed by atoms with Crippen molar-refractivity contribution >= 4 is 11.6 Å². The maximum absolute atomic E-state index is 5.77. The first-order valence-corrected chi connectivity index (χ1v) is 5.35. The number of methoxy groups -OCH3 is 1. The van der Waals surface area contributed by atoms with E-state index in [1.165, 1.54) is 19.3 Å². The third kappa shape index (κ3) is 3.18. The lowest BCUT2D eigenvalue weighted by Crippen LogP contribution is -1.95. The number of aromatic nitrogens is 1. The number of aryl methyl sites for hydroxylation is 1. The Bertz CT molecular complexity index is 289. The zero-order chi connectivity index (χ0) is 10.4. The van der Waals surface area contributed by atoms with Crippen molar-refractivity contribution in [1.29, 1.82) is 0 Å². The summed E-state index contributed by atoms with van der Waals surface area (Å²) in [6, 6.07) is 3.80. The Kier molecular flexibility index (Phi) is 4.74. The lowest BCUT2D eigenvalue weighted by atomic mass is 10.1. The second kappa shape index (κ2) is 5.86. The third-order valence-electron chi connectivity index (χ3n) is 2.15. The van der Waals surface area contributed by atoms with Gasteiger partial charge in [-0.3, -0.25) is 0 Å².